The first kappa shape index (κ1) is 18.1. The number of hydrogen-bond acceptors (Lipinski definition) is 3. The van der Waals surface area contributed by atoms with Crippen LogP contribution in [-0.4, -0.2) is 32.5 Å². The summed E-state index contributed by atoms with van der Waals surface area (Å²) in [5.74, 6) is 0. The van der Waals surface area contributed by atoms with Crippen LogP contribution in [0.2, 0.25) is 0 Å². The fraction of sp³-hybridized carbons (Fsp3) is 0.667. The van der Waals surface area contributed by atoms with Crippen molar-refractivity contribution in [3.05, 3.63) is 35.4 Å². The van der Waals surface area contributed by atoms with Crippen LogP contribution in [0, 0.1) is 0 Å². The number of hydrogen-bond donors (Lipinski definition) is 1. The monoisotopic (exact) mass is 293 g/mol. The van der Waals surface area contributed by atoms with E-state index in [1.807, 2.05) is 13.8 Å². The second kappa shape index (κ2) is 10.8. The zero-order valence-electron chi connectivity index (χ0n) is 14.0. The molecule has 0 radical (unpaired) electrons. The fourth-order valence-electron chi connectivity index (χ4n) is 2.12. The van der Waals surface area contributed by atoms with Gasteiger partial charge in [-0.05, 0) is 44.4 Å². The van der Waals surface area contributed by atoms with Crippen LogP contribution in [0.3, 0.4) is 0 Å². The molecule has 21 heavy (non-hydrogen) atoms. The molecule has 0 aliphatic heterocycles. The first-order chi connectivity index (χ1) is 10.2. The van der Waals surface area contributed by atoms with Gasteiger partial charge in [0.15, 0.2) is 0 Å². The van der Waals surface area contributed by atoms with Crippen LogP contribution < -0.4 is 5.32 Å². The summed E-state index contributed by atoms with van der Waals surface area (Å²) in [6, 6.07) is 9.09. The summed E-state index contributed by atoms with van der Waals surface area (Å²) in [7, 11) is 0. The van der Waals surface area contributed by atoms with Gasteiger partial charge in [-0.2, -0.15) is 0 Å². The van der Waals surface area contributed by atoms with Crippen LogP contribution in [0.5, 0.6) is 0 Å². The maximum Gasteiger partial charge on any atom is 0.0703 e. The lowest BCUT2D eigenvalue weighted by Crippen LogP contribution is -2.27. The molecule has 0 amide bonds. The Kier molecular flexibility index (Phi) is 9.31. The molecule has 1 unspecified atom stereocenters. The van der Waals surface area contributed by atoms with Crippen molar-refractivity contribution < 1.29 is 9.47 Å². The highest BCUT2D eigenvalue weighted by molar-refractivity contribution is 5.25. The Morgan fingerprint density at radius 2 is 1.76 bits per heavy atom. The smallest absolute Gasteiger partial charge is 0.0703 e. The minimum absolute atomic E-state index is 0.259. The molecule has 0 aliphatic rings. The van der Waals surface area contributed by atoms with Crippen molar-refractivity contribution in [2.24, 2.45) is 0 Å². The van der Waals surface area contributed by atoms with E-state index in [1.165, 1.54) is 11.1 Å². The Balaban J connectivity index is 2.46. The molecule has 0 saturated carbocycles. The van der Waals surface area contributed by atoms with E-state index < -0.39 is 0 Å². The molecule has 3 heteroatoms. The summed E-state index contributed by atoms with van der Waals surface area (Å²) >= 11 is 0. The first-order valence-electron chi connectivity index (χ1n) is 8.18. The van der Waals surface area contributed by atoms with Crippen LogP contribution in [0.25, 0.3) is 0 Å². The van der Waals surface area contributed by atoms with E-state index >= 15 is 0 Å². The Hall–Kier alpha value is -0.900. The van der Waals surface area contributed by atoms with Crippen molar-refractivity contribution in [2.45, 2.75) is 52.7 Å². The van der Waals surface area contributed by atoms with E-state index in [0.29, 0.717) is 19.8 Å². The van der Waals surface area contributed by atoms with Gasteiger partial charge in [0.25, 0.3) is 0 Å². The van der Waals surface area contributed by atoms with E-state index in [4.69, 9.17) is 9.47 Å². The lowest BCUT2D eigenvalue weighted by Gasteiger charge is -2.19. The van der Waals surface area contributed by atoms with Gasteiger partial charge in [0.05, 0.1) is 32.0 Å². The quantitative estimate of drug-likeness (QED) is 0.631. The summed E-state index contributed by atoms with van der Waals surface area (Å²) in [5, 5.41) is 3.56. The van der Waals surface area contributed by atoms with E-state index in [9.17, 15) is 0 Å². The van der Waals surface area contributed by atoms with Crippen molar-refractivity contribution in [2.75, 3.05) is 26.4 Å². The Labute approximate surface area is 130 Å². The Bertz CT molecular complexity index is 362. The molecular formula is C18H31NO2. The second-order valence-corrected chi connectivity index (χ2v) is 5.60. The van der Waals surface area contributed by atoms with Crippen molar-refractivity contribution in [1.82, 2.24) is 5.32 Å². The van der Waals surface area contributed by atoms with Crippen molar-refractivity contribution in [3.8, 4) is 0 Å². The minimum atomic E-state index is 0.259. The first-order valence-corrected chi connectivity index (χ1v) is 8.18. The molecule has 1 aromatic carbocycles. The van der Waals surface area contributed by atoms with Gasteiger partial charge in [-0.15, -0.1) is 0 Å². The van der Waals surface area contributed by atoms with Crippen molar-refractivity contribution in [3.63, 3.8) is 0 Å². The molecule has 1 aromatic rings. The molecule has 0 spiro atoms. The zero-order chi connectivity index (χ0) is 15.5. The lowest BCUT2D eigenvalue weighted by atomic mass is 10.0. The molecule has 0 fully saturated rings. The topological polar surface area (TPSA) is 30.5 Å². The number of benzene rings is 1. The highest BCUT2D eigenvalue weighted by Crippen LogP contribution is 2.15. The maximum absolute atomic E-state index is 5.77. The average Bonchev–Trinajstić information content (AvgIpc) is 2.50. The van der Waals surface area contributed by atoms with Gasteiger partial charge in [0.1, 0.15) is 0 Å². The van der Waals surface area contributed by atoms with Gasteiger partial charge in [0, 0.05) is 0 Å². The normalized spacial score (nSPS) is 12.8. The second-order valence-electron chi connectivity index (χ2n) is 5.60. The average molecular weight is 293 g/mol. The molecule has 0 heterocycles. The molecule has 1 rings (SSSR count). The van der Waals surface area contributed by atoms with E-state index in [2.05, 4.69) is 43.4 Å². The Morgan fingerprint density at radius 1 is 1.05 bits per heavy atom. The lowest BCUT2D eigenvalue weighted by molar-refractivity contribution is 0.0137. The van der Waals surface area contributed by atoms with Gasteiger partial charge >= 0.3 is 0 Å². The fourth-order valence-corrected chi connectivity index (χ4v) is 2.12. The molecule has 0 aliphatic carbocycles. The van der Waals surface area contributed by atoms with Crippen LogP contribution in [0.1, 0.15) is 51.3 Å². The van der Waals surface area contributed by atoms with Crippen LogP contribution in [0.15, 0.2) is 24.3 Å². The zero-order valence-corrected chi connectivity index (χ0v) is 14.0. The van der Waals surface area contributed by atoms with E-state index in [-0.39, 0.29) is 12.1 Å². The highest BCUT2D eigenvalue weighted by atomic mass is 16.5. The van der Waals surface area contributed by atoms with Crippen LogP contribution >= 0.6 is 0 Å². The van der Waals surface area contributed by atoms with Gasteiger partial charge in [-0.1, -0.05) is 38.1 Å². The molecule has 0 bridgehead atoms. The predicted octanol–water partition coefficient (Wildman–Crippen LogP) is 3.73. The largest absolute Gasteiger partial charge is 0.377 e. The van der Waals surface area contributed by atoms with Gasteiger partial charge in [0.2, 0.25) is 0 Å². The van der Waals surface area contributed by atoms with Gasteiger partial charge in [-0.3, -0.25) is 0 Å². The molecular weight excluding hydrogens is 262 g/mol. The number of nitrogens with one attached hydrogen (secondary N) is 1. The number of aryl methyl sites for hydroxylation is 1. The number of rotatable bonds is 11. The Morgan fingerprint density at radius 3 is 2.33 bits per heavy atom. The third-order valence-corrected chi connectivity index (χ3v) is 3.39. The summed E-state index contributed by atoms with van der Waals surface area (Å²) in [4.78, 5) is 0. The molecule has 120 valence electrons. The van der Waals surface area contributed by atoms with Crippen molar-refractivity contribution >= 4 is 0 Å². The van der Waals surface area contributed by atoms with Crippen molar-refractivity contribution in [1.29, 1.82) is 0 Å². The standard InChI is InChI=1S/C18H31NO2/c1-5-11-19-18(14-20-12-13-21-15(3)4)17-9-7-16(6-2)8-10-17/h7-10,15,18-19H,5-6,11-14H2,1-4H3. The summed E-state index contributed by atoms with van der Waals surface area (Å²) in [6.45, 7) is 11.4. The minimum Gasteiger partial charge on any atom is -0.377 e. The summed E-state index contributed by atoms with van der Waals surface area (Å²) < 4.78 is 11.3. The maximum atomic E-state index is 5.77. The third kappa shape index (κ3) is 7.60. The molecule has 0 aromatic heterocycles. The predicted molar refractivity (Wildman–Crippen MR) is 88.8 cm³/mol. The van der Waals surface area contributed by atoms with E-state index in [0.717, 1.165) is 19.4 Å². The summed E-state index contributed by atoms with van der Waals surface area (Å²) in [5.41, 5.74) is 2.67. The third-order valence-electron chi connectivity index (χ3n) is 3.39. The molecule has 1 N–H and O–H groups in total. The van der Waals surface area contributed by atoms with E-state index in [1.54, 1.807) is 0 Å². The highest BCUT2D eigenvalue weighted by Gasteiger charge is 2.10. The SMILES string of the molecule is CCCNC(COCCOC(C)C)c1ccc(CC)cc1. The molecule has 1 atom stereocenters. The molecule has 0 saturated heterocycles. The number of ether oxygens (including phenoxy) is 2. The van der Waals surface area contributed by atoms with Crippen LogP contribution in [0.4, 0.5) is 0 Å². The van der Waals surface area contributed by atoms with Crippen LogP contribution in [-0.2, 0) is 15.9 Å². The molecule has 3 nitrogen and oxygen atoms in total. The van der Waals surface area contributed by atoms with Gasteiger partial charge < -0.3 is 14.8 Å². The van der Waals surface area contributed by atoms with Gasteiger partial charge in [-0.25, -0.2) is 0 Å². The summed E-state index contributed by atoms with van der Waals surface area (Å²) in [6.07, 6.45) is 2.47.